The highest BCUT2D eigenvalue weighted by Gasteiger charge is 2.12. The smallest absolute Gasteiger partial charge is 0.257 e. The number of nitrogens with zero attached hydrogens (tertiary/aromatic N) is 1. The Morgan fingerprint density at radius 2 is 1.89 bits per heavy atom. The van der Waals surface area contributed by atoms with E-state index in [2.05, 4.69) is 15.6 Å². The number of benzene rings is 2. The molecular weight excluding hydrogens is 418 g/mol. The molecule has 6 nitrogen and oxygen atoms in total. The maximum atomic E-state index is 12.3. The summed E-state index contributed by atoms with van der Waals surface area (Å²) in [6, 6.07) is 12.3. The van der Waals surface area contributed by atoms with Gasteiger partial charge in [0.2, 0.25) is 0 Å². The lowest BCUT2D eigenvalue weighted by Gasteiger charge is -2.09. The highest BCUT2D eigenvalue weighted by molar-refractivity contribution is 7.80. The maximum absolute atomic E-state index is 12.3. The molecule has 0 saturated heterocycles. The Morgan fingerprint density at radius 3 is 2.54 bits per heavy atom. The van der Waals surface area contributed by atoms with Gasteiger partial charge in [0.05, 0.1) is 24.9 Å². The molecule has 144 valence electrons. The summed E-state index contributed by atoms with van der Waals surface area (Å²) in [5, 5.41) is 8.49. The summed E-state index contributed by atoms with van der Waals surface area (Å²) in [4.78, 5) is 16.8. The van der Waals surface area contributed by atoms with Gasteiger partial charge in [-0.2, -0.15) is 0 Å². The van der Waals surface area contributed by atoms with Crippen LogP contribution in [0.2, 0.25) is 5.02 Å². The third kappa shape index (κ3) is 4.78. The molecule has 0 aliphatic carbocycles. The lowest BCUT2D eigenvalue weighted by molar-refractivity contribution is 0.0977. The predicted molar refractivity (Wildman–Crippen MR) is 116 cm³/mol. The second-order valence-electron chi connectivity index (χ2n) is 5.52. The number of hydrogen-bond acceptors (Lipinski definition) is 6. The number of nitrogens with one attached hydrogen (secondary N) is 2. The Labute approximate surface area is 176 Å². The second-order valence-corrected chi connectivity index (χ2v) is 7.20. The van der Waals surface area contributed by atoms with Crippen molar-refractivity contribution in [3.63, 3.8) is 0 Å². The van der Waals surface area contributed by atoms with Crippen LogP contribution in [0.4, 0.5) is 5.13 Å². The molecule has 9 heteroatoms. The molecule has 0 bridgehead atoms. The van der Waals surface area contributed by atoms with Crippen LogP contribution in [0.15, 0.2) is 47.8 Å². The first kappa shape index (κ1) is 20.1. The minimum Gasteiger partial charge on any atom is -0.497 e. The largest absolute Gasteiger partial charge is 0.497 e. The molecule has 2 aromatic carbocycles. The summed E-state index contributed by atoms with van der Waals surface area (Å²) >= 11 is 12.6. The molecule has 0 fully saturated rings. The molecule has 0 aliphatic heterocycles. The molecule has 0 atom stereocenters. The van der Waals surface area contributed by atoms with Crippen molar-refractivity contribution < 1.29 is 14.3 Å². The zero-order valence-corrected chi connectivity index (χ0v) is 17.4. The van der Waals surface area contributed by atoms with Crippen LogP contribution in [0.1, 0.15) is 10.4 Å². The Morgan fingerprint density at radius 1 is 1.14 bits per heavy atom. The number of aromatic nitrogens is 1. The van der Waals surface area contributed by atoms with Crippen LogP contribution in [0.25, 0.3) is 11.3 Å². The molecule has 1 aromatic heterocycles. The number of ether oxygens (including phenoxy) is 2. The second kappa shape index (κ2) is 9.01. The quantitative estimate of drug-likeness (QED) is 0.572. The van der Waals surface area contributed by atoms with Gasteiger partial charge in [0, 0.05) is 16.5 Å². The summed E-state index contributed by atoms with van der Waals surface area (Å²) in [6.07, 6.45) is 0. The van der Waals surface area contributed by atoms with Gasteiger partial charge in [-0.3, -0.25) is 10.1 Å². The summed E-state index contributed by atoms with van der Waals surface area (Å²) in [5.41, 5.74) is 2.12. The Balaban J connectivity index is 1.62. The van der Waals surface area contributed by atoms with Crippen molar-refractivity contribution in [3.05, 3.63) is 58.4 Å². The van der Waals surface area contributed by atoms with E-state index in [1.807, 2.05) is 29.6 Å². The number of carbonyl (C=O) groups is 1. The SMILES string of the molecule is COc1ccc(-c2csc(NC(=S)NC(=O)c3ccc(OC)c(Cl)c3)n2)cc1. The highest BCUT2D eigenvalue weighted by Crippen LogP contribution is 2.27. The fourth-order valence-corrected chi connectivity index (χ4v) is 3.57. The van der Waals surface area contributed by atoms with Gasteiger partial charge in [-0.25, -0.2) is 4.98 Å². The topological polar surface area (TPSA) is 72.5 Å². The van der Waals surface area contributed by atoms with E-state index in [-0.39, 0.29) is 11.0 Å². The minimum absolute atomic E-state index is 0.146. The average molecular weight is 434 g/mol. The van der Waals surface area contributed by atoms with E-state index in [1.165, 1.54) is 24.5 Å². The molecule has 1 amide bonds. The standard InChI is InChI=1S/C19H16ClN3O3S2/c1-25-13-6-3-11(4-7-13)15-10-28-19(21-15)23-18(27)22-17(24)12-5-8-16(26-2)14(20)9-12/h3-10H,1-2H3,(H2,21,22,23,24,27). The minimum atomic E-state index is -0.381. The van der Waals surface area contributed by atoms with Gasteiger partial charge < -0.3 is 14.8 Å². The van der Waals surface area contributed by atoms with Crippen LogP contribution < -0.4 is 20.1 Å². The van der Waals surface area contributed by atoms with Crippen molar-refractivity contribution in [2.45, 2.75) is 0 Å². The van der Waals surface area contributed by atoms with E-state index in [0.29, 0.717) is 21.5 Å². The van der Waals surface area contributed by atoms with Gasteiger partial charge in [0.25, 0.3) is 5.91 Å². The van der Waals surface area contributed by atoms with Crippen LogP contribution in [0.3, 0.4) is 0 Å². The Hall–Kier alpha value is -2.68. The molecule has 0 saturated carbocycles. The van der Waals surface area contributed by atoms with Gasteiger partial charge >= 0.3 is 0 Å². The molecule has 0 radical (unpaired) electrons. The third-order valence-electron chi connectivity index (χ3n) is 3.75. The number of methoxy groups -OCH3 is 2. The van der Waals surface area contributed by atoms with Crippen molar-refractivity contribution >= 4 is 51.3 Å². The fourth-order valence-electron chi connectivity index (χ4n) is 2.34. The number of thiocarbonyl (C=S) groups is 1. The van der Waals surface area contributed by atoms with E-state index in [1.54, 1.807) is 19.2 Å². The van der Waals surface area contributed by atoms with E-state index >= 15 is 0 Å². The number of carbonyl (C=O) groups excluding carboxylic acids is 1. The van der Waals surface area contributed by atoms with Crippen LogP contribution in [-0.4, -0.2) is 30.2 Å². The van der Waals surface area contributed by atoms with Crippen LogP contribution in [0.5, 0.6) is 11.5 Å². The Kier molecular flexibility index (Phi) is 6.45. The van der Waals surface area contributed by atoms with Crippen molar-refractivity contribution in [2.24, 2.45) is 0 Å². The van der Waals surface area contributed by atoms with Crippen molar-refractivity contribution in [3.8, 4) is 22.8 Å². The fraction of sp³-hybridized carbons (Fsp3) is 0.105. The molecule has 3 aromatic rings. The van der Waals surface area contributed by atoms with Gasteiger partial charge in [0.15, 0.2) is 10.2 Å². The lowest BCUT2D eigenvalue weighted by Crippen LogP contribution is -2.34. The molecule has 0 aliphatic rings. The van der Waals surface area contributed by atoms with Crippen LogP contribution in [0, 0.1) is 0 Å². The van der Waals surface area contributed by atoms with E-state index in [0.717, 1.165) is 17.0 Å². The predicted octanol–water partition coefficient (Wildman–Crippen LogP) is 4.61. The van der Waals surface area contributed by atoms with E-state index in [9.17, 15) is 4.79 Å². The van der Waals surface area contributed by atoms with Crippen molar-refractivity contribution in [1.29, 1.82) is 0 Å². The third-order valence-corrected chi connectivity index (χ3v) is 5.01. The molecule has 28 heavy (non-hydrogen) atoms. The summed E-state index contributed by atoms with van der Waals surface area (Å²) in [7, 11) is 3.13. The lowest BCUT2D eigenvalue weighted by atomic mass is 10.2. The van der Waals surface area contributed by atoms with Crippen molar-refractivity contribution in [2.75, 3.05) is 19.5 Å². The Bertz CT molecular complexity index is 1010. The summed E-state index contributed by atoms with van der Waals surface area (Å²) < 4.78 is 10.2. The molecule has 0 unspecified atom stereocenters. The number of amides is 1. The zero-order valence-electron chi connectivity index (χ0n) is 15.0. The molecule has 3 rings (SSSR count). The van der Waals surface area contributed by atoms with Crippen LogP contribution >= 0.6 is 35.2 Å². The van der Waals surface area contributed by atoms with Crippen LogP contribution in [-0.2, 0) is 0 Å². The van der Waals surface area contributed by atoms with Gasteiger partial charge in [-0.05, 0) is 54.7 Å². The monoisotopic (exact) mass is 433 g/mol. The first-order valence-corrected chi connectivity index (χ1v) is 9.72. The average Bonchev–Trinajstić information content (AvgIpc) is 3.16. The van der Waals surface area contributed by atoms with Gasteiger partial charge in [-0.15, -0.1) is 11.3 Å². The summed E-state index contributed by atoms with van der Waals surface area (Å²) in [6.45, 7) is 0. The first-order chi connectivity index (χ1) is 13.5. The highest BCUT2D eigenvalue weighted by atomic mass is 35.5. The molecule has 1 heterocycles. The zero-order chi connectivity index (χ0) is 20.1. The number of thiazole rings is 1. The number of halogens is 1. The molecule has 2 N–H and O–H groups in total. The van der Waals surface area contributed by atoms with Crippen molar-refractivity contribution in [1.82, 2.24) is 10.3 Å². The maximum Gasteiger partial charge on any atom is 0.257 e. The number of hydrogen-bond donors (Lipinski definition) is 2. The first-order valence-electron chi connectivity index (χ1n) is 8.06. The molecule has 0 spiro atoms. The van der Waals surface area contributed by atoms with E-state index in [4.69, 9.17) is 33.3 Å². The number of anilines is 1. The molecular formula is C19H16ClN3O3S2. The number of rotatable bonds is 5. The van der Waals surface area contributed by atoms with Gasteiger partial charge in [0.1, 0.15) is 11.5 Å². The van der Waals surface area contributed by atoms with E-state index < -0.39 is 0 Å². The van der Waals surface area contributed by atoms with Gasteiger partial charge in [-0.1, -0.05) is 11.6 Å². The summed E-state index contributed by atoms with van der Waals surface area (Å²) in [5.74, 6) is 0.890. The normalized spacial score (nSPS) is 10.2.